The van der Waals surface area contributed by atoms with Gasteiger partial charge in [0.05, 0.1) is 27.2 Å². The first-order valence-electron chi connectivity index (χ1n) is 6.64. The lowest BCUT2D eigenvalue weighted by atomic mass is 10.2. The molecule has 7 heteroatoms. The van der Waals surface area contributed by atoms with E-state index in [0.29, 0.717) is 17.9 Å². The van der Waals surface area contributed by atoms with Crippen molar-refractivity contribution in [1.29, 1.82) is 0 Å². The summed E-state index contributed by atoms with van der Waals surface area (Å²) in [6.07, 6.45) is 0. The van der Waals surface area contributed by atoms with Gasteiger partial charge in [-0.05, 0) is 18.2 Å². The van der Waals surface area contributed by atoms with E-state index in [1.165, 1.54) is 11.8 Å². The van der Waals surface area contributed by atoms with Crippen LogP contribution in [-0.2, 0) is 14.4 Å². The van der Waals surface area contributed by atoms with Crippen molar-refractivity contribution in [2.45, 2.75) is 6.92 Å². The van der Waals surface area contributed by atoms with Crippen molar-refractivity contribution >= 4 is 29.1 Å². The molecule has 0 heterocycles. The van der Waals surface area contributed by atoms with Gasteiger partial charge in [0.2, 0.25) is 5.91 Å². The summed E-state index contributed by atoms with van der Waals surface area (Å²) in [5, 5.41) is 7.62. The van der Waals surface area contributed by atoms with Crippen LogP contribution < -0.4 is 20.9 Å². The van der Waals surface area contributed by atoms with Gasteiger partial charge in [-0.2, -0.15) is 0 Å². The number of rotatable bonds is 5. The molecule has 21 heavy (non-hydrogen) atoms. The summed E-state index contributed by atoms with van der Waals surface area (Å²) in [6.45, 7) is 2.56. The van der Waals surface area contributed by atoms with Crippen LogP contribution >= 0.6 is 0 Å². The molecular weight excluding hydrogens is 272 g/mol. The van der Waals surface area contributed by atoms with Gasteiger partial charge in [0, 0.05) is 18.3 Å². The van der Waals surface area contributed by atoms with Crippen LogP contribution in [0.2, 0.25) is 0 Å². The predicted molar refractivity (Wildman–Crippen MR) is 80.1 cm³/mol. The minimum Gasteiger partial charge on any atom is -0.342 e. The molecule has 4 N–H and O–H groups in total. The van der Waals surface area contributed by atoms with Crippen molar-refractivity contribution in [3.63, 3.8) is 0 Å². The first-order chi connectivity index (χ1) is 9.88. The third kappa shape index (κ3) is 6.53. The van der Waals surface area contributed by atoms with E-state index in [-0.39, 0.29) is 5.91 Å². The van der Waals surface area contributed by atoms with E-state index in [0.717, 1.165) is 6.54 Å². The summed E-state index contributed by atoms with van der Waals surface area (Å²) >= 11 is 0. The van der Waals surface area contributed by atoms with E-state index in [2.05, 4.69) is 16.0 Å². The molecule has 0 aliphatic carbocycles. The highest BCUT2D eigenvalue weighted by Crippen LogP contribution is 2.14. The molecule has 0 aliphatic heterocycles. The third-order valence-corrected chi connectivity index (χ3v) is 2.56. The van der Waals surface area contributed by atoms with Crippen molar-refractivity contribution in [3.05, 3.63) is 24.3 Å². The van der Waals surface area contributed by atoms with E-state index < -0.39 is 11.8 Å². The molecule has 0 radical (unpaired) electrons. The first kappa shape index (κ1) is 16.6. The van der Waals surface area contributed by atoms with Gasteiger partial charge in [0.25, 0.3) is 0 Å². The zero-order valence-corrected chi connectivity index (χ0v) is 12.4. The molecule has 3 amide bonds. The van der Waals surface area contributed by atoms with Crippen LogP contribution in [0, 0.1) is 0 Å². The maximum Gasteiger partial charge on any atom is 0.313 e. The monoisotopic (exact) mass is 293 g/mol. The van der Waals surface area contributed by atoms with Crippen molar-refractivity contribution in [1.82, 2.24) is 5.32 Å². The minimum absolute atomic E-state index is 0.206. The predicted octanol–water partition coefficient (Wildman–Crippen LogP) is -1.16. The van der Waals surface area contributed by atoms with E-state index >= 15 is 0 Å². The Kier molecular flexibility index (Phi) is 6.35. The summed E-state index contributed by atoms with van der Waals surface area (Å²) in [5.74, 6) is -1.62. The summed E-state index contributed by atoms with van der Waals surface area (Å²) in [6, 6.07) is 6.59. The highest BCUT2D eigenvalue weighted by Gasteiger charge is 2.13. The second-order valence-corrected chi connectivity index (χ2v) is 4.93. The average molecular weight is 293 g/mol. The summed E-state index contributed by atoms with van der Waals surface area (Å²) < 4.78 is 0. The molecule has 1 rings (SSSR count). The molecule has 1 aromatic rings. The van der Waals surface area contributed by atoms with Gasteiger partial charge in [0.1, 0.15) is 0 Å². The van der Waals surface area contributed by atoms with Gasteiger partial charge >= 0.3 is 11.8 Å². The number of quaternary nitrogens is 1. The highest BCUT2D eigenvalue weighted by atomic mass is 16.2. The Hall–Kier alpha value is -2.41. The second kappa shape index (κ2) is 8.01. The number of hydrogen-bond donors (Lipinski definition) is 4. The highest BCUT2D eigenvalue weighted by molar-refractivity contribution is 6.39. The van der Waals surface area contributed by atoms with Crippen LogP contribution in [-0.4, -0.2) is 44.9 Å². The van der Waals surface area contributed by atoms with Crippen LogP contribution in [0.5, 0.6) is 0 Å². The van der Waals surface area contributed by atoms with Crippen LogP contribution in [0.15, 0.2) is 24.3 Å². The zero-order chi connectivity index (χ0) is 15.8. The van der Waals surface area contributed by atoms with Crippen molar-refractivity contribution in [2.24, 2.45) is 0 Å². The number of hydrogen-bond acceptors (Lipinski definition) is 3. The number of benzene rings is 1. The van der Waals surface area contributed by atoms with Gasteiger partial charge < -0.3 is 20.9 Å². The number of carbonyl (C=O) groups excluding carboxylic acids is 3. The number of anilines is 2. The molecular formula is C14H21N4O3+. The molecule has 0 unspecified atom stereocenters. The normalized spacial score (nSPS) is 10.1. The molecule has 0 fully saturated rings. The lowest BCUT2D eigenvalue weighted by Crippen LogP contribution is -3.06. The third-order valence-electron chi connectivity index (χ3n) is 2.56. The average Bonchev–Trinajstić information content (AvgIpc) is 2.37. The van der Waals surface area contributed by atoms with E-state index in [1.807, 2.05) is 14.1 Å². The molecule has 0 saturated heterocycles. The molecule has 114 valence electrons. The van der Waals surface area contributed by atoms with Gasteiger partial charge in [-0.1, -0.05) is 6.07 Å². The Labute approximate surface area is 123 Å². The molecule has 0 aliphatic rings. The van der Waals surface area contributed by atoms with Crippen LogP contribution in [0.1, 0.15) is 6.92 Å². The summed E-state index contributed by atoms with van der Waals surface area (Å²) in [7, 11) is 3.92. The Morgan fingerprint density at radius 3 is 2.24 bits per heavy atom. The van der Waals surface area contributed by atoms with Crippen molar-refractivity contribution in [2.75, 3.05) is 37.8 Å². The molecule has 0 spiro atoms. The fraction of sp³-hybridized carbons (Fsp3) is 0.357. The number of likely N-dealkylation sites (N-methyl/N-ethyl adjacent to an activating group) is 1. The Morgan fingerprint density at radius 1 is 1.05 bits per heavy atom. The topological polar surface area (TPSA) is 91.7 Å². The number of carbonyl (C=O) groups is 3. The molecule has 0 aromatic heterocycles. The number of amides is 3. The lowest BCUT2D eigenvalue weighted by molar-refractivity contribution is -0.856. The van der Waals surface area contributed by atoms with E-state index in [1.54, 1.807) is 24.3 Å². The summed E-state index contributed by atoms with van der Waals surface area (Å²) in [4.78, 5) is 35.4. The van der Waals surface area contributed by atoms with Gasteiger partial charge in [-0.15, -0.1) is 0 Å². The van der Waals surface area contributed by atoms with Gasteiger partial charge in [-0.3, -0.25) is 14.4 Å². The minimum atomic E-state index is -0.733. The SMILES string of the molecule is CC(=O)Nc1cccc(NC(=O)C(=O)NCC[NH+](C)C)c1. The maximum atomic E-state index is 11.7. The van der Waals surface area contributed by atoms with Crippen LogP contribution in [0.3, 0.4) is 0 Å². The fourth-order valence-corrected chi connectivity index (χ4v) is 1.57. The maximum absolute atomic E-state index is 11.7. The molecule has 0 saturated carbocycles. The van der Waals surface area contributed by atoms with E-state index in [9.17, 15) is 14.4 Å². The molecule has 7 nitrogen and oxygen atoms in total. The largest absolute Gasteiger partial charge is 0.342 e. The quantitative estimate of drug-likeness (QED) is 0.516. The zero-order valence-electron chi connectivity index (χ0n) is 12.4. The Balaban J connectivity index is 2.54. The van der Waals surface area contributed by atoms with Crippen molar-refractivity contribution < 1.29 is 19.3 Å². The molecule has 0 bridgehead atoms. The van der Waals surface area contributed by atoms with E-state index in [4.69, 9.17) is 0 Å². The van der Waals surface area contributed by atoms with Gasteiger partial charge in [0.15, 0.2) is 0 Å². The Bertz CT molecular complexity index is 529. The first-order valence-corrected chi connectivity index (χ1v) is 6.64. The lowest BCUT2D eigenvalue weighted by Gasteiger charge is -2.09. The fourth-order valence-electron chi connectivity index (χ4n) is 1.57. The molecule has 0 atom stereocenters. The van der Waals surface area contributed by atoms with Crippen LogP contribution in [0.4, 0.5) is 11.4 Å². The Morgan fingerprint density at radius 2 is 1.67 bits per heavy atom. The molecule has 1 aromatic carbocycles. The second-order valence-electron chi connectivity index (χ2n) is 4.93. The smallest absolute Gasteiger partial charge is 0.313 e. The number of nitrogens with one attached hydrogen (secondary N) is 4. The summed E-state index contributed by atoms with van der Waals surface area (Å²) in [5.41, 5.74) is 0.997. The van der Waals surface area contributed by atoms with Crippen LogP contribution in [0.25, 0.3) is 0 Å². The standard InChI is InChI=1S/C14H20N4O3/c1-10(19)16-11-5-4-6-12(9-11)17-14(21)13(20)15-7-8-18(2)3/h4-6,9H,7-8H2,1-3H3,(H,15,20)(H,16,19)(H,17,21)/p+1. The van der Waals surface area contributed by atoms with Crippen molar-refractivity contribution in [3.8, 4) is 0 Å². The van der Waals surface area contributed by atoms with Gasteiger partial charge in [-0.25, -0.2) is 0 Å².